The lowest BCUT2D eigenvalue weighted by Gasteiger charge is -2.15. The van der Waals surface area contributed by atoms with Gasteiger partial charge in [0.05, 0.1) is 12.8 Å². The van der Waals surface area contributed by atoms with Gasteiger partial charge in [0.15, 0.2) is 0 Å². The zero-order valence-electron chi connectivity index (χ0n) is 10.0. The Morgan fingerprint density at radius 3 is 2.45 bits per heavy atom. The third-order valence-corrected chi connectivity index (χ3v) is 2.12. The van der Waals surface area contributed by atoms with Crippen molar-refractivity contribution in [2.75, 3.05) is 7.11 Å². The summed E-state index contributed by atoms with van der Waals surface area (Å²) in [6.45, 7) is -0.407. The van der Waals surface area contributed by atoms with Crippen LogP contribution in [-0.2, 0) is 11.3 Å². The first kappa shape index (κ1) is 16.1. The van der Waals surface area contributed by atoms with E-state index in [9.17, 15) is 26.7 Å². The molecule has 1 heterocycles. The summed E-state index contributed by atoms with van der Waals surface area (Å²) in [6.07, 6.45) is -8.43. The van der Waals surface area contributed by atoms with Gasteiger partial charge in [0.1, 0.15) is 5.56 Å². The van der Waals surface area contributed by atoms with E-state index < -0.39 is 42.3 Å². The molecule has 0 aliphatic heterocycles. The zero-order valence-corrected chi connectivity index (χ0v) is 10.0. The summed E-state index contributed by atoms with van der Waals surface area (Å²) in [6, 6.07) is 0.722. The van der Waals surface area contributed by atoms with Crippen LogP contribution >= 0.6 is 0 Å². The molecule has 0 radical (unpaired) electrons. The van der Waals surface area contributed by atoms with E-state index in [4.69, 9.17) is 5.73 Å². The number of hydrogen-bond donors (Lipinski definition) is 1. The molecular formula is C10H9F5N2O3. The van der Waals surface area contributed by atoms with Gasteiger partial charge in [-0.1, -0.05) is 0 Å². The molecule has 0 spiro atoms. The molecule has 0 saturated carbocycles. The minimum Gasteiger partial charge on any atom is -0.465 e. The molecule has 0 fully saturated rings. The Morgan fingerprint density at radius 1 is 1.45 bits per heavy atom. The topological polar surface area (TPSA) is 74.4 Å². The monoisotopic (exact) mass is 300 g/mol. The van der Waals surface area contributed by atoms with Crippen LogP contribution in [0.4, 0.5) is 22.0 Å². The van der Waals surface area contributed by atoms with Crippen molar-refractivity contribution in [3.8, 4) is 5.88 Å². The molecule has 112 valence electrons. The highest BCUT2D eigenvalue weighted by Gasteiger charge is 2.36. The van der Waals surface area contributed by atoms with Gasteiger partial charge >= 0.3 is 12.3 Å². The van der Waals surface area contributed by atoms with E-state index >= 15 is 0 Å². The average Bonchev–Trinajstić information content (AvgIpc) is 2.34. The number of pyridine rings is 1. The molecular weight excluding hydrogens is 291 g/mol. The third kappa shape index (κ3) is 3.76. The van der Waals surface area contributed by atoms with Crippen LogP contribution in [0.3, 0.4) is 0 Å². The third-order valence-electron chi connectivity index (χ3n) is 2.12. The largest absolute Gasteiger partial charge is 0.574 e. The van der Waals surface area contributed by atoms with E-state index in [0.29, 0.717) is 0 Å². The summed E-state index contributed by atoms with van der Waals surface area (Å²) in [5, 5.41) is 0. The van der Waals surface area contributed by atoms with Crippen molar-refractivity contribution in [2.24, 2.45) is 5.73 Å². The molecule has 0 aliphatic rings. The van der Waals surface area contributed by atoms with E-state index in [-0.39, 0.29) is 5.69 Å². The van der Waals surface area contributed by atoms with Crippen LogP contribution in [0.1, 0.15) is 28.0 Å². The number of hydrogen-bond acceptors (Lipinski definition) is 5. The fourth-order valence-electron chi connectivity index (χ4n) is 1.36. The number of nitrogens with two attached hydrogens (primary N) is 1. The Hall–Kier alpha value is -1.97. The van der Waals surface area contributed by atoms with Crippen LogP contribution < -0.4 is 10.5 Å². The second-order valence-electron chi connectivity index (χ2n) is 3.43. The van der Waals surface area contributed by atoms with Gasteiger partial charge in [0, 0.05) is 12.1 Å². The van der Waals surface area contributed by atoms with Gasteiger partial charge in [-0.15, -0.1) is 13.2 Å². The second-order valence-corrected chi connectivity index (χ2v) is 3.43. The van der Waals surface area contributed by atoms with Crippen molar-refractivity contribution >= 4 is 5.97 Å². The highest BCUT2D eigenvalue weighted by atomic mass is 19.4. The molecule has 0 amide bonds. The number of halogens is 5. The number of methoxy groups -OCH3 is 1. The lowest BCUT2D eigenvalue weighted by Crippen LogP contribution is -2.22. The fraction of sp³-hybridized carbons (Fsp3) is 0.400. The van der Waals surface area contributed by atoms with Crippen LogP contribution in [0.15, 0.2) is 6.07 Å². The van der Waals surface area contributed by atoms with Gasteiger partial charge in [-0.05, 0) is 6.07 Å². The van der Waals surface area contributed by atoms with E-state index in [0.717, 1.165) is 13.2 Å². The Balaban J connectivity index is 3.51. The summed E-state index contributed by atoms with van der Waals surface area (Å²) in [7, 11) is 0.825. The maximum absolute atomic E-state index is 12.8. The van der Waals surface area contributed by atoms with Crippen LogP contribution in [0.5, 0.6) is 5.88 Å². The molecule has 0 atom stereocenters. The Labute approximate surface area is 109 Å². The van der Waals surface area contributed by atoms with Gasteiger partial charge in [-0.25, -0.2) is 18.6 Å². The van der Waals surface area contributed by atoms with Crippen LogP contribution in [-0.4, -0.2) is 24.4 Å². The number of ether oxygens (including phenoxy) is 2. The molecule has 2 N–H and O–H groups in total. The average molecular weight is 300 g/mol. The Kier molecular flexibility index (Phi) is 4.82. The molecule has 10 heteroatoms. The van der Waals surface area contributed by atoms with Gasteiger partial charge < -0.3 is 15.2 Å². The first-order valence-corrected chi connectivity index (χ1v) is 5.05. The molecule has 0 aromatic carbocycles. The second kappa shape index (κ2) is 5.99. The van der Waals surface area contributed by atoms with Gasteiger partial charge in [0.25, 0.3) is 6.43 Å². The quantitative estimate of drug-likeness (QED) is 0.681. The number of alkyl halides is 5. The van der Waals surface area contributed by atoms with Crippen LogP contribution in [0.25, 0.3) is 0 Å². The van der Waals surface area contributed by atoms with Crippen molar-refractivity contribution in [3.63, 3.8) is 0 Å². The summed E-state index contributed by atoms with van der Waals surface area (Å²) in [5.41, 5.74) is 2.78. The van der Waals surface area contributed by atoms with Gasteiger partial charge in [-0.2, -0.15) is 0 Å². The smallest absolute Gasteiger partial charge is 0.465 e. The van der Waals surface area contributed by atoms with Crippen molar-refractivity contribution in [1.82, 2.24) is 4.98 Å². The highest BCUT2D eigenvalue weighted by molar-refractivity contribution is 5.93. The molecule has 0 saturated heterocycles. The van der Waals surface area contributed by atoms with Crippen molar-refractivity contribution in [1.29, 1.82) is 0 Å². The highest BCUT2D eigenvalue weighted by Crippen LogP contribution is 2.33. The maximum atomic E-state index is 12.8. The summed E-state index contributed by atoms with van der Waals surface area (Å²) < 4.78 is 70.0. The molecule has 1 aromatic heterocycles. The molecule has 0 unspecified atom stereocenters. The SMILES string of the molecule is COC(=O)c1c(C(F)F)cc(CN)nc1OC(F)(F)F. The van der Waals surface area contributed by atoms with Crippen LogP contribution in [0.2, 0.25) is 0 Å². The van der Waals surface area contributed by atoms with Crippen molar-refractivity contribution in [2.45, 2.75) is 19.3 Å². The minimum absolute atomic E-state index is 0.285. The molecule has 5 nitrogen and oxygen atoms in total. The van der Waals surface area contributed by atoms with Crippen LogP contribution in [0, 0.1) is 0 Å². The van der Waals surface area contributed by atoms with Gasteiger partial charge in [-0.3, -0.25) is 0 Å². The summed E-state index contributed by atoms with van der Waals surface area (Å²) in [5.74, 6) is -2.74. The number of carbonyl (C=O) groups is 1. The minimum atomic E-state index is -5.21. The van der Waals surface area contributed by atoms with Gasteiger partial charge in [0.2, 0.25) is 5.88 Å². The number of carbonyl (C=O) groups excluding carboxylic acids is 1. The molecule has 0 bridgehead atoms. The number of rotatable bonds is 4. The normalized spacial score (nSPS) is 11.6. The molecule has 0 aliphatic carbocycles. The predicted molar refractivity (Wildman–Crippen MR) is 55.1 cm³/mol. The van der Waals surface area contributed by atoms with Crippen molar-refractivity contribution in [3.05, 3.63) is 22.9 Å². The lowest BCUT2D eigenvalue weighted by atomic mass is 10.1. The zero-order chi connectivity index (χ0) is 15.5. The first-order valence-electron chi connectivity index (χ1n) is 5.05. The molecule has 1 aromatic rings. The predicted octanol–water partition coefficient (Wildman–Crippen LogP) is 2.16. The van der Waals surface area contributed by atoms with E-state index in [1.54, 1.807) is 0 Å². The lowest BCUT2D eigenvalue weighted by molar-refractivity contribution is -0.276. The Bertz CT molecular complexity index is 504. The number of nitrogens with zero attached hydrogens (tertiary/aromatic N) is 1. The standard InChI is InChI=1S/C10H9F5N2O3/c1-19-9(18)6-5(7(11)12)2-4(3-16)17-8(6)20-10(13,14)15/h2,7H,3,16H2,1H3. The van der Waals surface area contributed by atoms with E-state index in [1.807, 2.05) is 0 Å². The number of esters is 1. The van der Waals surface area contributed by atoms with E-state index in [1.165, 1.54) is 0 Å². The number of aromatic nitrogens is 1. The fourth-order valence-corrected chi connectivity index (χ4v) is 1.36. The first-order chi connectivity index (χ1) is 9.19. The molecule has 1 rings (SSSR count). The van der Waals surface area contributed by atoms with E-state index in [2.05, 4.69) is 14.5 Å². The Morgan fingerprint density at radius 2 is 2.05 bits per heavy atom. The summed E-state index contributed by atoms with van der Waals surface area (Å²) in [4.78, 5) is 14.7. The van der Waals surface area contributed by atoms with Crippen molar-refractivity contribution < 1.29 is 36.2 Å². The molecule has 20 heavy (non-hydrogen) atoms. The summed E-state index contributed by atoms with van der Waals surface area (Å²) >= 11 is 0. The maximum Gasteiger partial charge on any atom is 0.574 e.